The number of hydrogen-bond donors (Lipinski definition) is 1. The molecule has 0 aliphatic heterocycles. The van der Waals surface area contributed by atoms with Gasteiger partial charge >= 0.3 is 0 Å². The molecule has 0 saturated heterocycles. The standard InChI is InChI=1S/C12H13BrF2O/c13-9-4-5-10(14)8(12(9)15)6-11(16)7-2-1-3-7/h4-5,7,11,16H,1-3,6H2. The molecule has 4 heteroatoms. The van der Waals surface area contributed by atoms with Crippen LogP contribution in [0.3, 0.4) is 0 Å². The molecule has 1 fully saturated rings. The van der Waals surface area contributed by atoms with Gasteiger partial charge in [0, 0.05) is 12.0 Å². The molecule has 1 N–H and O–H groups in total. The van der Waals surface area contributed by atoms with E-state index in [2.05, 4.69) is 15.9 Å². The summed E-state index contributed by atoms with van der Waals surface area (Å²) >= 11 is 3.01. The Kier molecular flexibility index (Phi) is 3.60. The quantitative estimate of drug-likeness (QED) is 0.846. The highest BCUT2D eigenvalue weighted by Gasteiger charge is 2.27. The Balaban J connectivity index is 2.16. The van der Waals surface area contributed by atoms with Crippen LogP contribution < -0.4 is 0 Å². The van der Waals surface area contributed by atoms with Crippen molar-refractivity contribution in [3.05, 3.63) is 33.8 Å². The predicted molar refractivity (Wildman–Crippen MR) is 61.1 cm³/mol. The summed E-state index contributed by atoms with van der Waals surface area (Å²) in [5, 5.41) is 9.81. The van der Waals surface area contributed by atoms with Crippen molar-refractivity contribution in [2.45, 2.75) is 31.8 Å². The minimum atomic E-state index is -0.632. The first-order valence-electron chi connectivity index (χ1n) is 5.40. The largest absolute Gasteiger partial charge is 0.392 e. The van der Waals surface area contributed by atoms with Gasteiger partial charge in [0.05, 0.1) is 10.6 Å². The number of aliphatic hydroxyl groups is 1. The molecule has 1 atom stereocenters. The Morgan fingerprint density at radius 2 is 2.06 bits per heavy atom. The third-order valence-electron chi connectivity index (χ3n) is 3.25. The Morgan fingerprint density at radius 3 is 2.62 bits per heavy atom. The molecule has 0 bridgehead atoms. The molecule has 0 aromatic heterocycles. The van der Waals surface area contributed by atoms with Gasteiger partial charge in [0.2, 0.25) is 0 Å². The lowest BCUT2D eigenvalue weighted by atomic mass is 9.79. The van der Waals surface area contributed by atoms with Crippen LogP contribution in [0.15, 0.2) is 16.6 Å². The van der Waals surface area contributed by atoms with Gasteiger partial charge in [0.1, 0.15) is 11.6 Å². The van der Waals surface area contributed by atoms with Crippen molar-refractivity contribution in [1.29, 1.82) is 0 Å². The molecule has 1 aliphatic rings. The van der Waals surface area contributed by atoms with E-state index in [1.807, 2.05) is 0 Å². The highest BCUT2D eigenvalue weighted by Crippen LogP contribution is 2.32. The highest BCUT2D eigenvalue weighted by atomic mass is 79.9. The predicted octanol–water partition coefficient (Wildman–Crippen LogP) is 3.43. The fourth-order valence-electron chi connectivity index (χ4n) is 1.96. The van der Waals surface area contributed by atoms with Crippen LogP contribution in [0.1, 0.15) is 24.8 Å². The van der Waals surface area contributed by atoms with Crippen molar-refractivity contribution in [2.24, 2.45) is 5.92 Å². The van der Waals surface area contributed by atoms with Crippen LogP contribution in [0, 0.1) is 17.6 Å². The number of hydrogen-bond acceptors (Lipinski definition) is 1. The lowest BCUT2D eigenvalue weighted by Gasteiger charge is -2.30. The minimum absolute atomic E-state index is 0.0197. The molecular weight excluding hydrogens is 278 g/mol. The SMILES string of the molecule is OC(Cc1c(F)ccc(Br)c1F)C1CCC1. The molecule has 1 aromatic rings. The Bertz CT molecular complexity index is 391. The second-order valence-corrected chi connectivity index (χ2v) is 5.14. The summed E-state index contributed by atoms with van der Waals surface area (Å²) in [6, 6.07) is 2.56. The van der Waals surface area contributed by atoms with E-state index in [-0.39, 0.29) is 22.4 Å². The maximum atomic E-state index is 13.6. The molecule has 1 aromatic carbocycles. The van der Waals surface area contributed by atoms with Crippen LogP contribution >= 0.6 is 15.9 Å². The summed E-state index contributed by atoms with van der Waals surface area (Å²) in [5.74, 6) is -0.977. The molecule has 0 amide bonds. The average molecular weight is 291 g/mol. The van der Waals surface area contributed by atoms with Crippen molar-refractivity contribution >= 4 is 15.9 Å². The number of halogens is 3. The zero-order chi connectivity index (χ0) is 11.7. The normalized spacial score (nSPS) is 18.2. The second kappa shape index (κ2) is 4.80. The maximum Gasteiger partial charge on any atom is 0.143 e. The molecule has 0 spiro atoms. The van der Waals surface area contributed by atoms with Crippen LogP contribution in [0.25, 0.3) is 0 Å². The van der Waals surface area contributed by atoms with Gasteiger partial charge in [-0.3, -0.25) is 0 Å². The molecule has 1 unspecified atom stereocenters. The molecule has 0 radical (unpaired) electrons. The molecule has 88 valence electrons. The van der Waals surface area contributed by atoms with Gasteiger partial charge < -0.3 is 5.11 Å². The van der Waals surface area contributed by atoms with Crippen LogP contribution in [0.2, 0.25) is 0 Å². The maximum absolute atomic E-state index is 13.6. The van der Waals surface area contributed by atoms with Gasteiger partial charge in [-0.15, -0.1) is 0 Å². The first-order chi connectivity index (χ1) is 7.59. The summed E-state index contributed by atoms with van der Waals surface area (Å²) in [7, 11) is 0. The number of rotatable bonds is 3. The molecular formula is C12H13BrF2O. The van der Waals surface area contributed by atoms with Crippen LogP contribution in [-0.4, -0.2) is 11.2 Å². The monoisotopic (exact) mass is 290 g/mol. The van der Waals surface area contributed by atoms with Gasteiger partial charge in [0.15, 0.2) is 0 Å². The molecule has 1 nitrogen and oxygen atoms in total. The van der Waals surface area contributed by atoms with Crippen LogP contribution in [0.5, 0.6) is 0 Å². The van der Waals surface area contributed by atoms with E-state index in [1.54, 1.807) is 0 Å². The highest BCUT2D eigenvalue weighted by molar-refractivity contribution is 9.10. The fourth-order valence-corrected chi connectivity index (χ4v) is 2.33. The summed E-state index contributed by atoms with van der Waals surface area (Å²) < 4.78 is 27.3. The van der Waals surface area contributed by atoms with Crippen molar-refractivity contribution in [3.8, 4) is 0 Å². The van der Waals surface area contributed by atoms with E-state index in [0.717, 1.165) is 19.3 Å². The van der Waals surface area contributed by atoms with Crippen molar-refractivity contribution < 1.29 is 13.9 Å². The average Bonchev–Trinajstić information content (AvgIpc) is 2.16. The van der Waals surface area contributed by atoms with Crippen molar-refractivity contribution in [1.82, 2.24) is 0 Å². The third-order valence-corrected chi connectivity index (χ3v) is 3.86. The summed E-state index contributed by atoms with van der Waals surface area (Å²) in [5.41, 5.74) is -0.0197. The van der Waals surface area contributed by atoms with E-state index in [9.17, 15) is 13.9 Å². The zero-order valence-electron chi connectivity index (χ0n) is 8.72. The number of aliphatic hydroxyl groups excluding tert-OH is 1. The summed E-state index contributed by atoms with van der Waals surface area (Å²) in [6.45, 7) is 0. The van der Waals surface area contributed by atoms with Gasteiger partial charge in [-0.05, 0) is 46.8 Å². The fraction of sp³-hybridized carbons (Fsp3) is 0.500. The topological polar surface area (TPSA) is 20.2 Å². The molecule has 1 saturated carbocycles. The second-order valence-electron chi connectivity index (χ2n) is 4.28. The van der Waals surface area contributed by atoms with E-state index in [1.165, 1.54) is 12.1 Å². The Labute approximate surface area is 102 Å². The Morgan fingerprint density at radius 1 is 1.38 bits per heavy atom. The number of benzene rings is 1. The molecule has 2 rings (SSSR count). The minimum Gasteiger partial charge on any atom is -0.392 e. The van der Waals surface area contributed by atoms with Gasteiger partial charge in [0.25, 0.3) is 0 Å². The van der Waals surface area contributed by atoms with Crippen molar-refractivity contribution in [2.75, 3.05) is 0 Å². The van der Waals surface area contributed by atoms with Crippen LogP contribution in [0.4, 0.5) is 8.78 Å². The smallest absolute Gasteiger partial charge is 0.143 e. The molecule has 0 heterocycles. The lowest BCUT2D eigenvalue weighted by Crippen LogP contribution is -2.29. The van der Waals surface area contributed by atoms with Gasteiger partial charge in [-0.2, -0.15) is 0 Å². The van der Waals surface area contributed by atoms with Gasteiger partial charge in [-0.25, -0.2) is 8.78 Å². The van der Waals surface area contributed by atoms with E-state index < -0.39 is 17.7 Å². The van der Waals surface area contributed by atoms with Gasteiger partial charge in [-0.1, -0.05) is 6.42 Å². The van der Waals surface area contributed by atoms with E-state index in [4.69, 9.17) is 0 Å². The zero-order valence-corrected chi connectivity index (χ0v) is 10.3. The molecule has 1 aliphatic carbocycles. The first kappa shape index (κ1) is 12.0. The van der Waals surface area contributed by atoms with E-state index >= 15 is 0 Å². The summed E-state index contributed by atoms with van der Waals surface area (Å²) in [6.07, 6.45) is 2.44. The Hall–Kier alpha value is -0.480. The molecule has 16 heavy (non-hydrogen) atoms. The third kappa shape index (κ3) is 2.28. The van der Waals surface area contributed by atoms with Crippen molar-refractivity contribution in [3.63, 3.8) is 0 Å². The summed E-state index contributed by atoms with van der Waals surface area (Å²) in [4.78, 5) is 0. The lowest BCUT2D eigenvalue weighted by molar-refractivity contribution is 0.0615. The van der Waals surface area contributed by atoms with E-state index in [0.29, 0.717) is 0 Å². The van der Waals surface area contributed by atoms with Crippen LogP contribution in [-0.2, 0) is 6.42 Å². The first-order valence-corrected chi connectivity index (χ1v) is 6.19.